The van der Waals surface area contributed by atoms with Crippen molar-refractivity contribution in [3.63, 3.8) is 0 Å². The molecule has 0 bridgehead atoms. The minimum absolute atomic E-state index is 0.145. The summed E-state index contributed by atoms with van der Waals surface area (Å²) in [4.78, 5) is 26.8. The number of aromatic nitrogens is 2. The first-order chi connectivity index (χ1) is 13.6. The van der Waals surface area contributed by atoms with Crippen LogP contribution in [0.1, 0.15) is 16.2 Å². The highest BCUT2D eigenvalue weighted by atomic mass is 35.5. The Labute approximate surface area is 165 Å². The number of benzene rings is 2. The lowest BCUT2D eigenvalue weighted by Crippen LogP contribution is -2.15. The lowest BCUT2D eigenvalue weighted by molar-refractivity contribution is -0.148. The number of hydrogen-bond donors (Lipinski definition) is 0. The molecule has 144 valence electrons. The Morgan fingerprint density at radius 3 is 2.68 bits per heavy atom. The van der Waals surface area contributed by atoms with E-state index in [9.17, 15) is 9.59 Å². The van der Waals surface area contributed by atoms with Crippen LogP contribution in [-0.4, -0.2) is 36.1 Å². The molecule has 0 atom stereocenters. The van der Waals surface area contributed by atoms with Crippen LogP contribution in [0.15, 0.2) is 47.0 Å². The van der Waals surface area contributed by atoms with Gasteiger partial charge in [0.25, 0.3) is 5.89 Å². The van der Waals surface area contributed by atoms with Gasteiger partial charge in [-0.3, -0.25) is 4.79 Å². The van der Waals surface area contributed by atoms with Crippen molar-refractivity contribution in [3.05, 3.63) is 58.9 Å². The summed E-state index contributed by atoms with van der Waals surface area (Å²) >= 11 is 5.84. The molecular weight excluding hydrogens is 388 g/mol. The maximum Gasteiger partial charge on any atom is 0.344 e. The van der Waals surface area contributed by atoms with Crippen LogP contribution in [0.3, 0.4) is 0 Å². The number of hydrogen-bond acceptors (Lipinski definition) is 8. The largest absolute Gasteiger partial charge is 0.493 e. The number of carbonyl (C=O) groups is 2. The lowest BCUT2D eigenvalue weighted by Gasteiger charge is -2.10. The molecule has 1 heterocycles. The average Bonchev–Trinajstić information content (AvgIpc) is 3.20. The number of methoxy groups -OCH3 is 1. The quantitative estimate of drug-likeness (QED) is 0.417. The number of nitrogens with zero attached hydrogens (tertiary/aromatic N) is 2. The number of esters is 1. The molecule has 0 spiro atoms. The number of ether oxygens (including phenoxy) is 3. The highest BCUT2D eigenvalue weighted by Crippen LogP contribution is 2.27. The molecule has 2 aromatic carbocycles. The van der Waals surface area contributed by atoms with Crippen molar-refractivity contribution in [1.82, 2.24) is 10.1 Å². The van der Waals surface area contributed by atoms with Gasteiger partial charge in [-0.25, -0.2) is 4.79 Å². The summed E-state index contributed by atoms with van der Waals surface area (Å²) in [6.45, 7) is -0.543. The summed E-state index contributed by atoms with van der Waals surface area (Å²) in [5.74, 6) is 0.521. The molecule has 8 nitrogen and oxygen atoms in total. The van der Waals surface area contributed by atoms with Gasteiger partial charge in [-0.2, -0.15) is 4.98 Å². The zero-order valence-corrected chi connectivity index (χ0v) is 15.5. The lowest BCUT2D eigenvalue weighted by atomic mass is 10.2. The Hall–Kier alpha value is -3.39. The molecule has 0 aliphatic carbocycles. The predicted octanol–water partition coefficient (Wildman–Crippen LogP) is 3.33. The van der Waals surface area contributed by atoms with Crippen LogP contribution in [0, 0.1) is 0 Å². The third-order valence-corrected chi connectivity index (χ3v) is 3.85. The Kier molecular flexibility index (Phi) is 6.23. The van der Waals surface area contributed by atoms with Gasteiger partial charge in [-0.05, 0) is 42.5 Å². The van der Waals surface area contributed by atoms with Gasteiger partial charge in [0.2, 0.25) is 5.82 Å². The van der Waals surface area contributed by atoms with Gasteiger partial charge in [0.1, 0.15) is 6.29 Å². The maximum atomic E-state index is 11.9. The maximum absolute atomic E-state index is 11.9. The third-order valence-electron chi connectivity index (χ3n) is 3.60. The van der Waals surface area contributed by atoms with E-state index < -0.39 is 5.97 Å². The highest BCUT2D eigenvalue weighted by molar-refractivity contribution is 6.30. The van der Waals surface area contributed by atoms with E-state index in [4.69, 9.17) is 30.3 Å². The standard InChI is InChI=1S/C19H15ClN2O6/c1-25-16-8-12(9-23)2-7-15(16)26-11-18(24)27-10-17-21-19(22-28-17)13-3-5-14(20)6-4-13/h2-9H,10-11H2,1H3. The molecule has 0 saturated heterocycles. The van der Waals surface area contributed by atoms with Gasteiger partial charge in [0.15, 0.2) is 24.7 Å². The van der Waals surface area contributed by atoms with E-state index in [1.807, 2.05) is 0 Å². The molecule has 0 amide bonds. The van der Waals surface area contributed by atoms with Crippen LogP contribution in [0.2, 0.25) is 5.02 Å². The van der Waals surface area contributed by atoms with Crippen LogP contribution in [0.4, 0.5) is 0 Å². The second-order valence-corrected chi connectivity index (χ2v) is 5.93. The van der Waals surface area contributed by atoms with E-state index in [0.29, 0.717) is 34.2 Å². The minimum atomic E-state index is -0.632. The van der Waals surface area contributed by atoms with Crippen LogP contribution in [0.5, 0.6) is 11.5 Å². The molecule has 3 rings (SSSR count). The second-order valence-electron chi connectivity index (χ2n) is 5.50. The van der Waals surface area contributed by atoms with Crippen molar-refractivity contribution in [2.45, 2.75) is 6.61 Å². The molecule has 0 saturated carbocycles. The number of aldehydes is 1. The van der Waals surface area contributed by atoms with Gasteiger partial charge in [0.05, 0.1) is 7.11 Å². The molecule has 1 aromatic heterocycles. The Bertz CT molecular complexity index is 971. The fraction of sp³-hybridized carbons (Fsp3) is 0.158. The molecule has 0 unspecified atom stereocenters. The first-order valence-electron chi connectivity index (χ1n) is 8.09. The van der Waals surface area contributed by atoms with Crippen molar-refractivity contribution in [2.24, 2.45) is 0 Å². The second kappa shape index (κ2) is 9.01. The number of carbonyl (C=O) groups excluding carboxylic acids is 2. The van der Waals surface area contributed by atoms with Gasteiger partial charge in [-0.15, -0.1) is 0 Å². The minimum Gasteiger partial charge on any atom is -0.493 e. The van der Waals surface area contributed by atoms with Crippen molar-refractivity contribution in [2.75, 3.05) is 13.7 Å². The van der Waals surface area contributed by atoms with Crippen molar-refractivity contribution >= 4 is 23.9 Å². The van der Waals surface area contributed by atoms with Crippen molar-refractivity contribution in [1.29, 1.82) is 0 Å². The molecule has 9 heteroatoms. The monoisotopic (exact) mass is 402 g/mol. The zero-order valence-electron chi connectivity index (χ0n) is 14.8. The van der Waals surface area contributed by atoms with E-state index in [-0.39, 0.29) is 19.1 Å². The summed E-state index contributed by atoms with van der Waals surface area (Å²) < 4.78 is 20.6. The van der Waals surface area contributed by atoms with Crippen LogP contribution in [-0.2, 0) is 16.1 Å². The topological polar surface area (TPSA) is 101 Å². The number of halogens is 1. The van der Waals surface area contributed by atoms with Crippen molar-refractivity contribution in [3.8, 4) is 22.9 Å². The van der Waals surface area contributed by atoms with E-state index in [0.717, 1.165) is 5.56 Å². The summed E-state index contributed by atoms with van der Waals surface area (Å²) in [5.41, 5.74) is 1.15. The van der Waals surface area contributed by atoms with Crippen LogP contribution in [0.25, 0.3) is 11.4 Å². The fourth-order valence-electron chi connectivity index (χ4n) is 2.23. The Balaban J connectivity index is 1.52. The molecule has 28 heavy (non-hydrogen) atoms. The normalized spacial score (nSPS) is 10.4. The molecule has 3 aromatic rings. The molecule has 0 aliphatic rings. The smallest absolute Gasteiger partial charge is 0.344 e. The van der Waals surface area contributed by atoms with E-state index in [1.54, 1.807) is 30.3 Å². The SMILES string of the molecule is COc1cc(C=O)ccc1OCC(=O)OCc1nc(-c2ccc(Cl)cc2)no1. The molecule has 0 N–H and O–H groups in total. The van der Waals surface area contributed by atoms with E-state index in [1.165, 1.54) is 19.2 Å². The first-order valence-corrected chi connectivity index (χ1v) is 8.47. The summed E-state index contributed by atoms with van der Waals surface area (Å²) in [7, 11) is 1.43. The average molecular weight is 403 g/mol. The summed E-state index contributed by atoms with van der Waals surface area (Å²) in [6, 6.07) is 11.5. The Morgan fingerprint density at radius 1 is 1.18 bits per heavy atom. The molecular formula is C19H15ClN2O6. The fourth-order valence-corrected chi connectivity index (χ4v) is 2.35. The highest BCUT2D eigenvalue weighted by Gasteiger charge is 2.13. The number of rotatable bonds is 8. The van der Waals surface area contributed by atoms with Gasteiger partial charge in [-0.1, -0.05) is 16.8 Å². The van der Waals surface area contributed by atoms with Crippen molar-refractivity contribution < 1.29 is 28.3 Å². The van der Waals surface area contributed by atoms with E-state index >= 15 is 0 Å². The van der Waals surface area contributed by atoms with Gasteiger partial charge in [0, 0.05) is 16.1 Å². The van der Waals surface area contributed by atoms with Gasteiger partial charge < -0.3 is 18.7 Å². The van der Waals surface area contributed by atoms with Gasteiger partial charge >= 0.3 is 5.97 Å². The van der Waals surface area contributed by atoms with Crippen LogP contribution < -0.4 is 9.47 Å². The van der Waals surface area contributed by atoms with Crippen LogP contribution >= 0.6 is 11.6 Å². The third kappa shape index (κ3) is 4.86. The van der Waals surface area contributed by atoms with E-state index in [2.05, 4.69) is 10.1 Å². The zero-order chi connectivity index (χ0) is 19.9. The Morgan fingerprint density at radius 2 is 1.96 bits per heavy atom. The molecule has 0 fully saturated rings. The molecule has 0 aliphatic heterocycles. The predicted molar refractivity (Wildman–Crippen MR) is 98.4 cm³/mol. The molecule has 0 radical (unpaired) electrons. The summed E-state index contributed by atoms with van der Waals surface area (Å²) in [6.07, 6.45) is 0.684. The first kappa shape index (κ1) is 19.4. The summed E-state index contributed by atoms with van der Waals surface area (Å²) in [5, 5.41) is 4.43.